The van der Waals surface area contributed by atoms with Crippen molar-refractivity contribution >= 4 is 22.4 Å². The van der Waals surface area contributed by atoms with Crippen molar-refractivity contribution in [1.29, 1.82) is 0 Å². The van der Waals surface area contributed by atoms with Crippen molar-refractivity contribution in [3.8, 4) is 0 Å². The zero-order chi connectivity index (χ0) is 11.8. The zero-order valence-electron chi connectivity index (χ0n) is 10.1. The average Bonchev–Trinajstić information content (AvgIpc) is 2.94. The van der Waals surface area contributed by atoms with Gasteiger partial charge in [0.1, 0.15) is 10.8 Å². The molecule has 2 fully saturated rings. The fourth-order valence-electron chi connectivity index (χ4n) is 2.65. The highest BCUT2D eigenvalue weighted by molar-refractivity contribution is 7.10. The monoisotopic (exact) mass is 253 g/mol. The summed E-state index contributed by atoms with van der Waals surface area (Å²) in [6, 6.07) is 0.525. The molecule has 0 amide bonds. The molecule has 0 saturated heterocycles. The third-order valence-corrected chi connectivity index (χ3v) is 4.60. The van der Waals surface area contributed by atoms with Gasteiger partial charge in [-0.15, -0.1) is 0 Å². The highest BCUT2D eigenvalue weighted by Crippen LogP contribution is 2.48. The molecule has 1 heterocycles. The van der Waals surface area contributed by atoms with Gasteiger partial charge in [-0.1, -0.05) is 0 Å². The average molecular weight is 253 g/mol. The first-order valence-corrected chi connectivity index (χ1v) is 7.09. The molecule has 2 atom stereocenters. The van der Waals surface area contributed by atoms with Crippen molar-refractivity contribution in [2.45, 2.75) is 50.2 Å². The van der Waals surface area contributed by atoms with Crippen molar-refractivity contribution in [2.75, 3.05) is 18.2 Å². The number of ether oxygens (including phenoxy) is 1. The van der Waals surface area contributed by atoms with Gasteiger partial charge in [0, 0.05) is 18.7 Å². The van der Waals surface area contributed by atoms with Crippen LogP contribution >= 0.6 is 11.5 Å². The molecule has 2 aliphatic rings. The fraction of sp³-hybridized carbons (Fsp3) is 0.750. The summed E-state index contributed by atoms with van der Waals surface area (Å²) in [4.78, 5) is 0. The molecule has 2 aliphatic carbocycles. The molecule has 4 nitrogen and oxygen atoms in total. The van der Waals surface area contributed by atoms with Crippen LogP contribution < -0.4 is 11.1 Å². The summed E-state index contributed by atoms with van der Waals surface area (Å²) in [5, 5.41) is 4.81. The van der Waals surface area contributed by atoms with Gasteiger partial charge in [0.2, 0.25) is 0 Å². The summed E-state index contributed by atoms with van der Waals surface area (Å²) in [7, 11) is 1.80. The maximum absolute atomic E-state index is 5.94. The van der Waals surface area contributed by atoms with E-state index in [4.69, 9.17) is 10.5 Å². The van der Waals surface area contributed by atoms with Crippen molar-refractivity contribution in [3.05, 3.63) is 5.56 Å². The molecule has 0 radical (unpaired) electrons. The normalized spacial score (nSPS) is 28.5. The number of methoxy groups -OCH3 is 1. The van der Waals surface area contributed by atoms with E-state index in [1.54, 1.807) is 7.11 Å². The van der Waals surface area contributed by atoms with Gasteiger partial charge in [0.25, 0.3) is 0 Å². The largest absolute Gasteiger partial charge is 0.383 e. The number of hydrogen-bond acceptors (Lipinski definition) is 5. The minimum atomic E-state index is 0.419. The van der Waals surface area contributed by atoms with E-state index in [1.165, 1.54) is 41.4 Å². The maximum Gasteiger partial charge on any atom is 0.142 e. The van der Waals surface area contributed by atoms with Crippen molar-refractivity contribution in [1.82, 2.24) is 4.37 Å². The van der Waals surface area contributed by atoms with Crippen molar-refractivity contribution < 1.29 is 4.74 Å². The van der Waals surface area contributed by atoms with Crippen LogP contribution in [0.1, 0.15) is 43.6 Å². The minimum Gasteiger partial charge on any atom is -0.383 e. The van der Waals surface area contributed by atoms with E-state index in [0.29, 0.717) is 18.1 Å². The Hall–Kier alpha value is -0.810. The molecule has 94 valence electrons. The van der Waals surface area contributed by atoms with E-state index < -0.39 is 0 Å². The Morgan fingerprint density at radius 2 is 2.18 bits per heavy atom. The summed E-state index contributed by atoms with van der Waals surface area (Å²) < 4.78 is 9.68. The lowest BCUT2D eigenvalue weighted by Crippen LogP contribution is -2.17. The smallest absolute Gasteiger partial charge is 0.142 e. The Morgan fingerprint density at radius 3 is 2.82 bits per heavy atom. The maximum atomic E-state index is 5.94. The fourth-order valence-corrected chi connectivity index (χ4v) is 3.53. The molecule has 1 aromatic rings. The number of nitrogens with one attached hydrogen (secondary N) is 1. The second-order valence-electron chi connectivity index (χ2n) is 5.10. The minimum absolute atomic E-state index is 0.419. The van der Waals surface area contributed by atoms with E-state index in [1.807, 2.05) is 0 Å². The molecule has 2 saturated carbocycles. The Morgan fingerprint density at radius 1 is 1.35 bits per heavy atom. The van der Waals surface area contributed by atoms with Gasteiger partial charge in [0.05, 0.1) is 6.10 Å². The third-order valence-electron chi connectivity index (χ3n) is 3.79. The molecule has 17 heavy (non-hydrogen) atoms. The first-order valence-electron chi connectivity index (χ1n) is 6.32. The molecule has 5 heteroatoms. The predicted octanol–water partition coefficient (Wildman–Crippen LogP) is 2.58. The molecular weight excluding hydrogens is 234 g/mol. The second kappa shape index (κ2) is 4.46. The molecule has 0 bridgehead atoms. The number of nitrogens with two attached hydrogens (primary N) is 1. The van der Waals surface area contributed by atoms with Crippen molar-refractivity contribution in [2.24, 2.45) is 0 Å². The van der Waals surface area contributed by atoms with E-state index in [-0.39, 0.29) is 0 Å². The van der Waals surface area contributed by atoms with Crippen LogP contribution in [0.4, 0.5) is 10.8 Å². The predicted molar refractivity (Wildman–Crippen MR) is 70.6 cm³/mol. The number of rotatable bonds is 4. The van der Waals surface area contributed by atoms with Gasteiger partial charge < -0.3 is 15.8 Å². The molecular formula is C12H19N3OS. The van der Waals surface area contributed by atoms with Gasteiger partial charge in [-0.3, -0.25) is 0 Å². The number of hydrogen-bond donors (Lipinski definition) is 2. The molecule has 0 aromatic carbocycles. The topological polar surface area (TPSA) is 60.2 Å². The second-order valence-corrected chi connectivity index (χ2v) is 5.87. The Kier molecular flexibility index (Phi) is 2.96. The first-order chi connectivity index (χ1) is 8.28. The summed E-state index contributed by atoms with van der Waals surface area (Å²) in [5.41, 5.74) is 7.22. The molecule has 1 aromatic heterocycles. The molecule has 0 aliphatic heterocycles. The SMILES string of the molecule is COC1CCC(Nc2snc(N)c2C2CC2)C1. The molecule has 3 N–H and O–H groups in total. The quantitative estimate of drug-likeness (QED) is 0.866. The van der Waals surface area contributed by atoms with E-state index in [9.17, 15) is 0 Å². The number of nitrogens with zero attached hydrogens (tertiary/aromatic N) is 1. The standard InChI is InChI=1S/C12H19N3OS/c1-16-9-5-4-8(6-9)14-12-10(7-2-3-7)11(13)15-17-12/h7-9,14H,2-6H2,1H3,(H2,13,15). The van der Waals surface area contributed by atoms with Crippen LogP contribution in [-0.4, -0.2) is 23.6 Å². The van der Waals surface area contributed by atoms with Crippen LogP contribution in [0, 0.1) is 0 Å². The first kappa shape index (κ1) is 11.3. The Bertz CT molecular complexity index is 402. The van der Waals surface area contributed by atoms with E-state index >= 15 is 0 Å². The lowest BCUT2D eigenvalue weighted by molar-refractivity contribution is 0.108. The van der Waals surface area contributed by atoms with Crippen LogP contribution in [0.25, 0.3) is 0 Å². The van der Waals surface area contributed by atoms with E-state index in [2.05, 4.69) is 9.69 Å². The molecule has 3 rings (SSSR count). The summed E-state index contributed by atoms with van der Waals surface area (Å²) >= 11 is 1.51. The zero-order valence-corrected chi connectivity index (χ0v) is 10.9. The molecule has 0 spiro atoms. The number of anilines is 2. The van der Waals surface area contributed by atoms with E-state index in [0.717, 1.165) is 18.7 Å². The van der Waals surface area contributed by atoms with Gasteiger partial charge >= 0.3 is 0 Å². The molecule has 2 unspecified atom stereocenters. The van der Waals surface area contributed by atoms with Crippen LogP contribution in [0.15, 0.2) is 0 Å². The highest BCUT2D eigenvalue weighted by Gasteiger charge is 2.32. The van der Waals surface area contributed by atoms with Gasteiger partial charge in [-0.05, 0) is 49.6 Å². The summed E-state index contributed by atoms with van der Waals surface area (Å²) in [5.74, 6) is 1.40. The summed E-state index contributed by atoms with van der Waals surface area (Å²) in [6.07, 6.45) is 6.38. The van der Waals surface area contributed by atoms with Gasteiger partial charge in [-0.25, -0.2) is 0 Å². The summed E-state index contributed by atoms with van der Waals surface area (Å²) in [6.45, 7) is 0. The third kappa shape index (κ3) is 2.26. The number of nitrogen functional groups attached to an aromatic ring is 1. The van der Waals surface area contributed by atoms with Crippen LogP contribution in [0.3, 0.4) is 0 Å². The van der Waals surface area contributed by atoms with Crippen LogP contribution in [-0.2, 0) is 4.74 Å². The van der Waals surface area contributed by atoms with Gasteiger partial charge in [0.15, 0.2) is 0 Å². The van der Waals surface area contributed by atoms with Gasteiger partial charge in [-0.2, -0.15) is 4.37 Å². The van der Waals surface area contributed by atoms with Crippen molar-refractivity contribution in [3.63, 3.8) is 0 Å². The Labute approximate surface area is 106 Å². The highest BCUT2D eigenvalue weighted by atomic mass is 32.1. The lowest BCUT2D eigenvalue weighted by Gasteiger charge is -2.13. The lowest BCUT2D eigenvalue weighted by atomic mass is 10.2. The Balaban J connectivity index is 1.69. The van der Waals surface area contributed by atoms with Crippen LogP contribution in [0.2, 0.25) is 0 Å². The van der Waals surface area contributed by atoms with Crippen LogP contribution in [0.5, 0.6) is 0 Å². The number of aromatic nitrogens is 1.